The van der Waals surface area contributed by atoms with E-state index >= 15 is 0 Å². The average molecular weight is 366 g/mol. The van der Waals surface area contributed by atoms with Gasteiger partial charge in [0.05, 0.1) is 6.54 Å². The third kappa shape index (κ3) is 7.06. The highest BCUT2D eigenvalue weighted by Crippen LogP contribution is 2.15. The smallest absolute Gasteiger partial charge is 0.322 e. The van der Waals surface area contributed by atoms with Gasteiger partial charge >= 0.3 is 12.0 Å². The van der Waals surface area contributed by atoms with Crippen molar-refractivity contribution in [2.24, 2.45) is 5.92 Å². The lowest BCUT2D eigenvalue weighted by Crippen LogP contribution is -2.46. The Bertz CT molecular complexity index is 655. The summed E-state index contributed by atoms with van der Waals surface area (Å²) in [6.07, 6.45) is 1.82. The van der Waals surface area contributed by atoms with Crippen LogP contribution in [0.25, 0.3) is 0 Å². The van der Waals surface area contributed by atoms with Gasteiger partial charge in [0, 0.05) is 18.8 Å². The van der Waals surface area contributed by atoms with Crippen molar-refractivity contribution in [3.05, 3.63) is 30.1 Å². The maximum atomic E-state index is 13.1. The van der Waals surface area contributed by atoms with Crippen LogP contribution in [0.15, 0.2) is 24.3 Å². The summed E-state index contributed by atoms with van der Waals surface area (Å²) >= 11 is 0. The number of benzene rings is 1. The number of likely N-dealkylation sites (tertiary alicyclic amines) is 1. The number of nitrogens with zero attached hydrogens (tertiary/aromatic N) is 1. The van der Waals surface area contributed by atoms with Crippen molar-refractivity contribution < 1.29 is 23.9 Å². The van der Waals surface area contributed by atoms with E-state index in [1.165, 1.54) is 18.2 Å². The number of carboxylic acids is 1. The largest absolute Gasteiger partial charge is 0.480 e. The molecule has 4 N–H and O–H groups in total. The predicted octanol–water partition coefficient (Wildman–Crippen LogP) is 0.860. The van der Waals surface area contributed by atoms with E-state index in [2.05, 4.69) is 16.0 Å². The zero-order valence-corrected chi connectivity index (χ0v) is 14.3. The number of anilines is 1. The number of urea groups is 1. The summed E-state index contributed by atoms with van der Waals surface area (Å²) in [6, 6.07) is 5.23. The first-order valence-corrected chi connectivity index (χ1v) is 8.43. The molecule has 0 aliphatic carbocycles. The summed E-state index contributed by atoms with van der Waals surface area (Å²) in [7, 11) is 0. The van der Waals surface area contributed by atoms with Gasteiger partial charge < -0.3 is 21.1 Å². The van der Waals surface area contributed by atoms with Crippen LogP contribution >= 0.6 is 0 Å². The second-order valence-electron chi connectivity index (χ2n) is 6.26. The average Bonchev–Trinajstić information content (AvgIpc) is 2.58. The first kappa shape index (κ1) is 19.6. The molecule has 2 rings (SSSR count). The number of piperidine rings is 1. The molecule has 1 saturated heterocycles. The van der Waals surface area contributed by atoms with Crippen LogP contribution in [0.4, 0.5) is 14.9 Å². The normalized spacial score (nSPS) is 17.3. The lowest BCUT2D eigenvalue weighted by molar-refractivity contribution is -0.138. The van der Waals surface area contributed by atoms with Crippen molar-refractivity contribution in [1.29, 1.82) is 0 Å². The number of carboxylic acid groups (broad SMARTS) is 1. The molecule has 1 aromatic rings. The van der Waals surface area contributed by atoms with E-state index in [-0.39, 0.29) is 18.4 Å². The first-order valence-electron chi connectivity index (χ1n) is 8.43. The molecule has 1 atom stereocenters. The summed E-state index contributed by atoms with van der Waals surface area (Å²) in [5, 5.41) is 16.2. The van der Waals surface area contributed by atoms with Crippen LogP contribution in [-0.2, 0) is 9.59 Å². The molecule has 142 valence electrons. The van der Waals surface area contributed by atoms with Gasteiger partial charge in [-0.2, -0.15) is 0 Å². The molecule has 9 heteroatoms. The Morgan fingerprint density at radius 2 is 2.08 bits per heavy atom. The fraction of sp³-hybridized carbons (Fsp3) is 0.471. The summed E-state index contributed by atoms with van der Waals surface area (Å²) in [5.41, 5.74) is 0.378. The Hall–Kier alpha value is -2.68. The molecule has 8 nitrogen and oxygen atoms in total. The number of nitrogens with one attached hydrogen (secondary N) is 3. The van der Waals surface area contributed by atoms with Crippen LogP contribution in [0.3, 0.4) is 0 Å². The maximum Gasteiger partial charge on any atom is 0.322 e. The van der Waals surface area contributed by atoms with Crippen LogP contribution in [0, 0.1) is 11.7 Å². The number of hydrogen-bond donors (Lipinski definition) is 4. The van der Waals surface area contributed by atoms with Gasteiger partial charge in [0.15, 0.2) is 0 Å². The first-order chi connectivity index (χ1) is 12.4. The highest BCUT2D eigenvalue weighted by atomic mass is 19.1. The molecule has 1 heterocycles. The van der Waals surface area contributed by atoms with E-state index < -0.39 is 24.4 Å². The molecular formula is C17H23FN4O4. The van der Waals surface area contributed by atoms with Crippen LogP contribution < -0.4 is 16.0 Å². The zero-order valence-electron chi connectivity index (χ0n) is 14.3. The zero-order chi connectivity index (χ0) is 18.9. The standard InChI is InChI=1S/C17H23FN4O4/c18-13-4-1-5-14(7-13)21-17(26)20-8-12-3-2-6-22(10-12)11-15(23)19-9-16(24)25/h1,4-5,7,12H,2-3,6,8-11H2,(H,19,23)(H,24,25)(H2,20,21,26). The van der Waals surface area contributed by atoms with Gasteiger partial charge in [-0.15, -0.1) is 0 Å². The maximum absolute atomic E-state index is 13.1. The van der Waals surface area contributed by atoms with Gasteiger partial charge in [-0.1, -0.05) is 6.07 Å². The van der Waals surface area contributed by atoms with Gasteiger partial charge in [0.2, 0.25) is 5.91 Å². The Morgan fingerprint density at radius 1 is 1.27 bits per heavy atom. The van der Waals surface area contributed by atoms with Crippen molar-refractivity contribution in [1.82, 2.24) is 15.5 Å². The molecule has 0 radical (unpaired) electrons. The Morgan fingerprint density at radius 3 is 2.81 bits per heavy atom. The van der Waals surface area contributed by atoms with Crippen molar-refractivity contribution in [2.45, 2.75) is 12.8 Å². The molecule has 0 aromatic heterocycles. The van der Waals surface area contributed by atoms with Crippen molar-refractivity contribution in [3.8, 4) is 0 Å². The van der Waals surface area contributed by atoms with Crippen molar-refractivity contribution >= 4 is 23.6 Å². The molecule has 1 fully saturated rings. The Kier molecular flexibility index (Phi) is 7.34. The molecule has 26 heavy (non-hydrogen) atoms. The van der Waals surface area contributed by atoms with Gasteiger partial charge in [0.25, 0.3) is 0 Å². The number of halogens is 1. The van der Waals surface area contributed by atoms with Crippen molar-refractivity contribution in [2.75, 3.05) is 38.0 Å². The minimum absolute atomic E-state index is 0.138. The molecule has 3 amide bonds. The number of rotatable bonds is 7. The van der Waals surface area contributed by atoms with E-state index in [4.69, 9.17) is 5.11 Å². The molecule has 0 saturated carbocycles. The van der Waals surface area contributed by atoms with Crippen molar-refractivity contribution in [3.63, 3.8) is 0 Å². The minimum Gasteiger partial charge on any atom is -0.480 e. The van der Waals surface area contributed by atoms with Gasteiger partial charge in [-0.25, -0.2) is 9.18 Å². The van der Waals surface area contributed by atoms with Crippen LogP contribution in [0.1, 0.15) is 12.8 Å². The minimum atomic E-state index is -1.08. The SMILES string of the molecule is O=C(O)CNC(=O)CN1CCCC(CNC(=O)Nc2cccc(F)c2)C1. The van der Waals surface area contributed by atoms with E-state index in [9.17, 15) is 18.8 Å². The second-order valence-corrected chi connectivity index (χ2v) is 6.26. The fourth-order valence-electron chi connectivity index (χ4n) is 2.87. The highest BCUT2D eigenvalue weighted by molar-refractivity contribution is 5.89. The summed E-state index contributed by atoms with van der Waals surface area (Å²) in [6.45, 7) is 1.58. The monoisotopic (exact) mass is 366 g/mol. The predicted molar refractivity (Wildman–Crippen MR) is 93.2 cm³/mol. The van der Waals surface area contributed by atoms with Crippen LogP contribution in [0.2, 0.25) is 0 Å². The Balaban J connectivity index is 1.71. The van der Waals surface area contributed by atoms with Crippen LogP contribution in [0.5, 0.6) is 0 Å². The Labute approximate surface area is 150 Å². The number of hydrogen-bond acceptors (Lipinski definition) is 4. The van der Waals surface area contributed by atoms with E-state index in [0.29, 0.717) is 18.8 Å². The molecule has 0 bridgehead atoms. The molecule has 1 aliphatic heterocycles. The van der Waals surface area contributed by atoms with E-state index in [1.807, 2.05) is 4.90 Å². The van der Waals surface area contributed by atoms with E-state index in [1.54, 1.807) is 6.07 Å². The topological polar surface area (TPSA) is 111 Å². The third-order valence-corrected chi connectivity index (χ3v) is 4.04. The van der Waals surface area contributed by atoms with Gasteiger partial charge in [-0.05, 0) is 43.5 Å². The number of amides is 3. The number of carbonyl (C=O) groups is 3. The summed E-state index contributed by atoms with van der Waals surface area (Å²) < 4.78 is 13.1. The third-order valence-electron chi connectivity index (χ3n) is 4.04. The number of aliphatic carboxylic acids is 1. The molecule has 1 aliphatic rings. The van der Waals surface area contributed by atoms with Gasteiger partial charge in [-0.3, -0.25) is 14.5 Å². The summed E-state index contributed by atoms with van der Waals surface area (Å²) in [4.78, 5) is 36.0. The molecule has 1 aromatic carbocycles. The lowest BCUT2D eigenvalue weighted by atomic mass is 9.98. The quantitative estimate of drug-likeness (QED) is 0.572. The fourth-order valence-corrected chi connectivity index (χ4v) is 2.87. The highest BCUT2D eigenvalue weighted by Gasteiger charge is 2.22. The molecule has 1 unspecified atom stereocenters. The molecule has 0 spiro atoms. The molecular weight excluding hydrogens is 343 g/mol. The second kappa shape index (κ2) is 9.71. The van der Waals surface area contributed by atoms with E-state index in [0.717, 1.165) is 19.4 Å². The summed E-state index contributed by atoms with van der Waals surface area (Å²) in [5.74, 6) is -1.64. The van der Waals surface area contributed by atoms with Crippen LogP contribution in [-0.4, -0.2) is 60.6 Å². The van der Waals surface area contributed by atoms with Gasteiger partial charge in [0.1, 0.15) is 12.4 Å². The lowest BCUT2D eigenvalue weighted by Gasteiger charge is -2.32. The number of carbonyl (C=O) groups excluding carboxylic acids is 2.